The van der Waals surface area contributed by atoms with Crippen LogP contribution in [0, 0.1) is 5.92 Å². The summed E-state index contributed by atoms with van der Waals surface area (Å²) in [6.07, 6.45) is 9.31. The molecule has 0 radical (unpaired) electrons. The fraction of sp³-hybridized carbons (Fsp3) is 0.417. The third-order valence-corrected chi connectivity index (χ3v) is 3.40. The predicted octanol–water partition coefficient (Wildman–Crippen LogP) is 2.00. The van der Waals surface area contributed by atoms with Gasteiger partial charge in [0.25, 0.3) is 0 Å². The molecule has 0 fully saturated rings. The molecular weight excluding hydrogens is 250 g/mol. The first-order chi connectivity index (χ1) is 8.81. The van der Waals surface area contributed by atoms with Crippen molar-refractivity contribution in [1.29, 1.82) is 0 Å². The molecule has 1 aliphatic rings. The van der Waals surface area contributed by atoms with E-state index in [0.29, 0.717) is 16.9 Å². The van der Waals surface area contributed by atoms with Crippen molar-refractivity contribution in [2.24, 2.45) is 5.92 Å². The van der Waals surface area contributed by atoms with Gasteiger partial charge in [0.05, 0.1) is 17.4 Å². The molecule has 5 nitrogen and oxygen atoms in total. The van der Waals surface area contributed by atoms with Crippen molar-refractivity contribution in [3.05, 3.63) is 35.6 Å². The third kappa shape index (κ3) is 2.46. The average Bonchev–Trinajstić information content (AvgIpc) is 2.85. The number of hydrogen-bond acceptors (Lipinski definition) is 4. The summed E-state index contributed by atoms with van der Waals surface area (Å²) in [5.41, 5.74) is 0. The number of nitrogens with one attached hydrogen (secondary N) is 1. The number of rotatable bonds is 3. The van der Waals surface area contributed by atoms with Gasteiger partial charge in [0.1, 0.15) is 5.82 Å². The third-order valence-electron chi connectivity index (χ3n) is 3.20. The summed E-state index contributed by atoms with van der Waals surface area (Å²) in [6, 6.07) is 0. The van der Waals surface area contributed by atoms with E-state index in [4.69, 9.17) is 11.6 Å². The lowest BCUT2D eigenvalue weighted by molar-refractivity contribution is 0.380. The van der Waals surface area contributed by atoms with Gasteiger partial charge in [-0.1, -0.05) is 11.6 Å². The van der Waals surface area contributed by atoms with Crippen molar-refractivity contribution >= 4 is 17.5 Å². The van der Waals surface area contributed by atoms with Crippen LogP contribution in [-0.2, 0) is 13.0 Å². The van der Waals surface area contributed by atoms with Gasteiger partial charge in [0.2, 0.25) is 5.95 Å². The van der Waals surface area contributed by atoms with E-state index in [1.54, 1.807) is 12.4 Å². The number of nitrogens with zero attached hydrogens (tertiary/aromatic N) is 4. The van der Waals surface area contributed by atoms with Gasteiger partial charge in [0.15, 0.2) is 0 Å². The van der Waals surface area contributed by atoms with Crippen molar-refractivity contribution in [2.75, 3.05) is 11.9 Å². The number of fused-ring (bicyclic) bond motifs is 1. The molecule has 0 bridgehead atoms. The van der Waals surface area contributed by atoms with E-state index in [2.05, 4.69) is 24.8 Å². The van der Waals surface area contributed by atoms with Crippen molar-refractivity contribution in [2.45, 2.75) is 19.4 Å². The molecule has 2 aromatic heterocycles. The first kappa shape index (κ1) is 11.5. The maximum Gasteiger partial charge on any atom is 0.222 e. The van der Waals surface area contributed by atoms with Crippen LogP contribution in [0.15, 0.2) is 24.8 Å². The smallest absolute Gasteiger partial charge is 0.222 e. The fourth-order valence-electron chi connectivity index (χ4n) is 2.24. The molecule has 0 aliphatic carbocycles. The second-order valence-electron chi connectivity index (χ2n) is 4.51. The monoisotopic (exact) mass is 263 g/mol. The number of imidazole rings is 1. The maximum absolute atomic E-state index is 5.74. The molecule has 1 aliphatic heterocycles. The van der Waals surface area contributed by atoms with Gasteiger partial charge in [0, 0.05) is 31.9 Å². The zero-order valence-corrected chi connectivity index (χ0v) is 10.6. The zero-order valence-electron chi connectivity index (χ0n) is 9.88. The SMILES string of the molecule is Clc1cnc(NC[C@@H]2CCc3nccn3C2)nc1. The molecule has 0 unspecified atom stereocenters. The highest BCUT2D eigenvalue weighted by Gasteiger charge is 2.18. The highest BCUT2D eigenvalue weighted by molar-refractivity contribution is 6.30. The van der Waals surface area contributed by atoms with E-state index in [0.717, 1.165) is 25.9 Å². The van der Waals surface area contributed by atoms with Crippen molar-refractivity contribution in [3.8, 4) is 0 Å². The molecule has 94 valence electrons. The maximum atomic E-state index is 5.74. The van der Waals surface area contributed by atoms with E-state index >= 15 is 0 Å². The van der Waals surface area contributed by atoms with Crippen molar-refractivity contribution in [3.63, 3.8) is 0 Å². The Bertz CT molecular complexity index is 522. The van der Waals surface area contributed by atoms with Crippen molar-refractivity contribution < 1.29 is 0 Å². The van der Waals surface area contributed by atoms with E-state index in [9.17, 15) is 0 Å². The van der Waals surface area contributed by atoms with Crippen LogP contribution < -0.4 is 5.32 Å². The van der Waals surface area contributed by atoms with Crippen LogP contribution in [0.5, 0.6) is 0 Å². The lowest BCUT2D eigenvalue weighted by Gasteiger charge is -2.23. The molecule has 1 N–H and O–H groups in total. The highest BCUT2D eigenvalue weighted by atomic mass is 35.5. The number of halogens is 1. The van der Waals surface area contributed by atoms with Crippen LogP contribution in [0.4, 0.5) is 5.95 Å². The lowest BCUT2D eigenvalue weighted by atomic mass is 9.99. The molecule has 0 saturated heterocycles. The summed E-state index contributed by atoms with van der Waals surface area (Å²) in [6.45, 7) is 1.88. The van der Waals surface area contributed by atoms with E-state index in [1.165, 1.54) is 5.82 Å². The Morgan fingerprint density at radius 2 is 2.17 bits per heavy atom. The van der Waals surface area contributed by atoms with Crippen molar-refractivity contribution in [1.82, 2.24) is 19.5 Å². The van der Waals surface area contributed by atoms with E-state index in [-0.39, 0.29) is 0 Å². The Labute approximate surface area is 110 Å². The number of hydrogen-bond donors (Lipinski definition) is 1. The van der Waals surface area contributed by atoms with Crippen LogP contribution >= 0.6 is 11.6 Å². The molecule has 3 heterocycles. The number of anilines is 1. The fourth-order valence-corrected chi connectivity index (χ4v) is 2.34. The van der Waals surface area contributed by atoms with Crippen LogP contribution in [0.1, 0.15) is 12.2 Å². The molecule has 1 atom stereocenters. The van der Waals surface area contributed by atoms with Gasteiger partial charge in [-0.05, 0) is 12.3 Å². The normalized spacial score (nSPS) is 18.4. The zero-order chi connectivity index (χ0) is 12.4. The first-order valence-corrected chi connectivity index (χ1v) is 6.40. The largest absolute Gasteiger partial charge is 0.354 e. The summed E-state index contributed by atoms with van der Waals surface area (Å²) in [7, 11) is 0. The molecule has 0 amide bonds. The standard InChI is InChI=1S/C12H14ClN5/c13-10-6-16-12(17-7-10)15-5-9-1-2-11-14-3-4-18(11)8-9/h3-4,6-7,9H,1-2,5,8H2,(H,15,16,17)/t9-/m0/s1. The van der Waals surface area contributed by atoms with Gasteiger partial charge < -0.3 is 9.88 Å². The summed E-state index contributed by atoms with van der Waals surface area (Å²) in [5, 5.41) is 3.81. The number of aromatic nitrogens is 4. The number of aryl methyl sites for hydroxylation is 1. The molecule has 2 aromatic rings. The molecule has 0 aromatic carbocycles. The molecular formula is C12H14ClN5. The van der Waals surface area contributed by atoms with Crippen LogP contribution in [0.3, 0.4) is 0 Å². The average molecular weight is 264 g/mol. The first-order valence-electron chi connectivity index (χ1n) is 6.02. The van der Waals surface area contributed by atoms with Gasteiger partial charge in [-0.15, -0.1) is 0 Å². The summed E-state index contributed by atoms with van der Waals surface area (Å²) in [5.74, 6) is 2.41. The minimum atomic E-state index is 0.557. The Morgan fingerprint density at radius 3 is 3.00 bits per heavy atom. The quantitative estimate of drug-likeness (QED) is 0.920. The van der Waals surface area contributed by atoms with E-state index in [1.807, 2.05) is 12.4 Å². The predicted molar refractivity (Wildman–Crippen MR) is 69.6 cm³/mol. The Hall–Kier alpha value is -1.62. The Balaban J connectivity index is 1.57. The van der Waals surface area contributed by atoms with Gasteiger partial charge in [-0.3, -0.25) is 0 Å². The Kier molecular flexibility index (Phi) is 3.15. The molecule has 6 heteroatoms. The van der Waals surface area contributed by atoms with E-state index < -0.39 is 0 Å². The summed E-state index contributed by atoms with van der Waals surface area (Å²) >= 11 is 5.74. The van der Waals surface area contributed by atoms with Crippen LogP contribution in [0.25, 0.3) is 0 Å². The van der Waals surface area contributed by atoms with Gasteiger partial charge in [-0.2, -0.15) is 0 Å². The highest BCUT2D eigenvalue weighted by Crippen LogP contribution is 2.18. The minimum Gasteiger partial charge on any atom is -0.354 e. The molecule has 18 heavy (non-hydrogen) atoms. The molecule has 3 rings (SSSR count). The van der Waals surface area contributed by atoms with Gasteiger partial charge in [-0.25, -0.2) is 15.0 Å². The van der Waals surface area contributed by atoms with Crippen LogP contribution in [0.2, 0.25) is 5.02 Å². The van der Waals surface area contributed by atoms with Crippen LogP contribution in [-0.4, -0.2) is 26.1 Å². The second-order valence-corrected chi connectivity index (χ2v) is 4.94. The minimum absolute atomic E-state index is 0.557. The molecule has 0 saturated carbocycles. The Morgan fingerprint density at radius 1 is 1.33 bits per heavy atom. The second kappa shape index (κ2) is 4.94. The molecule has 0 spiro atoms. The summed E-state index contributed by atoms with van der Waals surface area (Å²) < 4.78 is 2.22. The summed E-state index contributed by atoms with van der Waals surface area (Å²) in [4.78, 5) is 12.6. The topological polar surface area (TPSA) is 55.6 Å². The lowest BCUT2D eigenvalue weighted by Crippen LogP contribution is -2.26. The van der Waals surface area contributed by atoms with Gasteiger partial charge >= 0.3 is 0 Å².